The molecular formula is C20H18N6O3S. The highest BCUT2D eigenvalue weighted by molar-refractivity contribution is 7.89. The smallest absolute Gasteiger partial charge is 0.262 e. The van der Waals surface area contributed by atoms with Gasteiger partial charge in [0.05, 0.1) is 23.3 Å². The lowest BCUT2D eigenvalue weighted by Gasteiger charge is -2.19. The molecule has 0 spiro atoms. The van der Waals surface area contributed by atoms with Gasteiger partial charge in [-0.05, 0) is 36.2 Å². The molecule has 10 heteroatoms. The predicted octanol–water partition coefficient (Wildman–Crippen LogP) is 1.32. The van der Waals surface area contributed by atoms with E-state index < -0.39 is 10.0 Å². The third kappa shape index (κ3) is 3.15. The molecule has 0 saturated carbocycles. The number of H-pyrrole nitrogens is 1. The molecule has 3 heterocycles. The Hall–Kier alpha value is -3.50. The van der Waals surface area contributed by atoms with E-state index in [0.717, 1.165) is 23.4 Å². The number of hydrogen-bond donors (Lipinski definition) is 2. The molecule has 30 heavy (non-hydrogen) atoms. The number of anilines is 1. The Balaban J connectivity index is 1.54. The third-order valence-electron chi connectivity index (χ3n) is 5.21. The number of aromatic nitrogens is 4. The summed E-state index contributed by atoms with van der Waals surface area (Å²) in [5.41, 5.74) is 2.81. The molecule has 3 N–H and O–H groups in total. The quantitative estimate of drug-likeness (QED) is 0.511. The summed E-state index contributed by atoms with van der Waals surface area (Å²) >= 11 is 0. The van der Waals surface area contributed by atoms with Gasteiger partial charge in [-0.25, -0.2) is 23.2 Å². The van der Waals surface area contributed by atoms with Crippen LogP contribution in [0.4, 0.5) is 5.69 Å². The molecule has 4 aromatic rings. The zero-order valence-corrected chi connectivity index (χ0v) is 16.6. The number of para-hydroxylation sites is 1. The zero-order chi connectivity index (χ0) is 20.9. The molecule has 0 fully saturated rings. The first kappa shape index (κ1) is 18.5. The molecule has 9 nitrogen and oxygen atoms in total. The molecule has 0 radical (unpaired) electrons. The van der Waals surface area contributed by atoms with Gasteiger partial charge in [0.1, 0.15) is 11.2 Å². The molecule has 0 atom stereocenters. The number of primary sulfonamides is 1. The Morgan fingerprint density at radius 2 is 1.93 bits per heavy atom. The van der Waals surface area contributed by atoms with Crippen LogP contribution in [0, 0.1) is 0 Å². The van der Waals surface area contributed by atoms with Crippen LogP contribution < -0.4 is 15.6 Å². The van der Waals surface area contributed by atoms with E-state index in [4.69, 9.17) is 5.14 Å². The summed E-state index contributed by atoms with van der Waals surface area (Å²) in [6.07, 6.45) is 2.27. The first-order valence-electron chi connectivity index (χ1n) is 9.33. The van der Waals surface area contributed by atoms with Crippen LogP contribution in [0.25, 0.3) is 16.7 Å². The molecule has 0 saturated heterocycles. The minimum absolute atomic E-state index is 0.0622. The lowest BCUT2D eigenvalue weighted by molar-refractivity contribution is 0.598. The highest BCUT2D eigenvalue weighted by atomic mass is 32.2. The van der Waals surface area contributed by atoms with Gasteiger partial charge >= 0.3 is 0 Å². The summed E-state index contributed by atoms with van der Waals surface area (Å²) in [5, 5.41) is 9.99. The Bertz CT molecular complexity index is 1430. The minimum Gasteiger partial charge on any atom is -0.363 e. The number of aromatic amines is 1. The van der Waals surface area contributed by atoms with Crippen molar-refractivity contribution in [2.45, 2.75) is 17.9 Å². The molecular weight excluding hydrogens is 404 g/mol. The van der Waals surface area contributed by atoms with Crippen LogP contribution in [0.3, 0.4) is 0 Å². The van der Waals surface area contributed by atoms with Gasteiger partial charge in [-0.2, -0.15) is 5.10 Å². The van der Waals surface area contributed by atoms with Crippen LogP contribution >= 0.6 is 0 Å². The van der Waals surface area contributed by atoms with Crippen molar-refractivity contribution in [3.63, 3.8) is 0 Å². The van der Waals surface area contributed by atoms with Crippen LogP contribution in [0.15, 0.2) is 64.4 Å². The number of nitrogens with two attached hydrogens (primary N) is 1. The lowest BCUT2D eigenvalue weighted by Crippen LogP contribution is -2.24. The fourth-order valence-corrected chi connectivity index (χ4v) is 4.28. The first-order chi connectivity index (χ1) is 14.4. The highest BCUT2D eigenvalue weighted by Gasteiger charge is 2.23. The molecule has 5 rings (SSSR count). The molecule has 2 aromatic carbocycles. The van der Waals surface area contributed by atoms with Gasteiger partial charge in [-0.15, -0.1) is 0 Å². The number of sulfonamides is 1. The number of hydrogen-bond acceptors (Lipinski definition) is 6. The lowest BCUT2D eigenvalue weighted by atomic mass is 10.2. The molecule has 152 valence electrons. The summed E-state index contributed by atoms with van der Waals surface area (Å²) < 4.78 is 25.1. The fourth-order valence-electron chi connectivity index (χ4n) is 3.74. The maximum Gasteiger partial charge on any atom is 0.262 e. The first-order valence-corrected chi connectivity index (χ1v) is 10.9. The van der Waals surface area contributed by atoms with E-state index in [-0.39, 0.29) is 10.5 Å². The maximum atomic E-state index is 12.6. The number of benzene rings is 2. The highest BCUT2D eigenvalue weighted by Crippen LogP contribution is 2.31. The summed E-state index contributed by atoms with van der Waals surface area (Å²) in [7, 11) is -3.80. The SMILES string of the molecule is NS(=O)(=O)c1ccc2c(c1)N(Cc1nc3c(cnn3-c3ccccc3)c(=O)[nH]1)CC2. The Morgan fingerprint density at radius 1 is 1.13 bits per heavy atom. The fraction of sp³-hybridized carbons (Fsp3) is 0.150. The number of nitrogens with one attached hydrogen (secondary N) is 1. The maximum absolute atomic E-state index is 12.6. The van der Waals surface area contributed by atoms with Crippen molar-refractivity contribution in [3.8, 4) is 5.69 Å². The molecule has 0 bridgehead atoms. The van der Waals surface area contributed by atoms with Crippen molar-refractivity contribution < 1.29 is 8.42 Å². The van der Waals surface area contributed by atoms with Crippen LogP contribution in [0.1, 0.15) is 11.4 Å². The molecule has 2 aromatic heterocycles. The Labute approximate surface area is 171 Å². The topological polar surface area (TPSA) is 127 Å². The largest absolute Gasteiger partial charge is 0.363 e. The van der Waals surface area contributed by atoms with E-state index in [1.165, 1.54) is 12.3 Å². The third-order valence-corrected chi connectivity index (χ3v) is 6.12. The number of rotatable bonds is 4. The van der Waals surface area contributed by atoms with Crippen molar-refractivity contribution in [2.75, 3.05) is 11.4 Å². The second-order valence-corrected chi connectivity index (χ2v) is 8.71. The van der Waals surface area contributed by atoms with E-state index in [9.17, 15) is 13.2 Å². The van der Waals surface area contributed by atoms with E-state index in [2.05, 4.69) is 15.1 Å². The molecule has 0 amide bonds. The zero-order valence-electron chi connectivity index (χ0n) is 15.8. The van der Waals surface area contributed by atoms with Gasteiger partial charge in [0.15, 0.2) is 5.65 Å². The van der Waals surface area contributed by atoms with E-state index in [1.54, 1.807) is 16.8 Å². The molecule has 0 aliphatic carbocycles. The van der Waals surface area contributed by atoms with E-state index >= 15 is 0 Å². The normalized spacial score (nSPS) is 13.7. The van der Waals surface area contributed by atoms with Gasteiger partial charge in [0.2, 0.25) is 10.0 Å². The Kier molecular flexibility index (Phi) is 4.19. The van der Waals surface area contributed by atoms with Crippen LogP contribution in [0.5, 0.6) is 0 Å². The summed E-state index contributed by atoms with van der Waals surface area (Å²) in [6.45, 7) is 1.01. The van der Waals surface area contributed by atoms with Crippen LogP contribution in [-0.2, 0) is 23.0 Å². The second-order valence-electron chi connectivity index (χ2n) is 7.15. The van der Waals surface area contributed by atoms with Crippen LogP contribution in [-0.4, -0.2) is 34.7 Å². The van der Waals surface area contributed by atoms with Crippen molar-refractivity contribution in [1.29, 1.82) is 0 Å². The predicted molar refractivity (Wildman–Crippen MR) is 112 cm³/mol. The van der Waals surface area contributed by atoms with Crippen molar-refractivity contribution in [2.24, 2.45) is 5.14 Å². The second kappa shape index (κ2) is 6.78. The van der Waals surface area contributed by atoms with Gasteiger partial charge < -0.3 is 9.88 Å². The summed E-state index contributed by atoms with van der Waals surface area (Å²) in [4.78, 5) is 22.1. The van der Waals surface area contributed by atoms with Crippen LogP contribution in [0.2, 0.25) is 0 Å². The van der Waals surface area contributed by atoms with Gasteiger partial charge in [-0.3, -0.25) is 4.79 Å². The molecule has 1 aliphatic heterocycles. The standard InChI is InChI=1S/C20H18N6O3S/c21-30(28,29)15-7-6-13-8-9-25(17(13)10-15)12-18-23-19-16(20(27)24-18)11-22-26(19)14-4-2-1-3-5-14/h1-7,10-11H,8-9,12H2,(H2,21,28,29)(H,23,24,27). The number of fused-ring (bicyclic) bond motifs is 2. The minimum atomic E-state index is -3.80. The van der Waals surface area contributed by atoms with Crippen molar-refractivity contribution in [1.82, 2.24) is 19.7 Å². The van der Waals surface area contributed by atoms with Gasteiger partial charge in [-0.1, -0.05) is 24.3 Å². The Morgan fingerprint density at radius 3 is 2.70 bits per heavy atom. The summed E-state index contributed by atoms with van der Waals surface area (Å²) in [6, 6.07) is 14.3. The molecule has 0 unspecified atom stereocenters. The molecule has 1 aliphatic rings. The monoisotopic (exact) mass is 422 g/mol. The van der Waals surface area contributed by atoms with Gasteiger partial charge in [0.25, 0.3) is 5.56 Å². The van der Waals surface area contributed by atoms with Crippen molar-refractivity contribution >= 4 is 26.7 Å². The van der Waals surface area contributed by atoms with Gasteiger partial charge in [0, 0.05) is 12.2 Å². The summed E-state index contributed by atoms with van der Waals surface area (Å²) in [5.74, 6) is 0.471. The average molecular weight is 422 g/mol. The van der Waals surface area contributed by atoms with E-state index in [1.807, 2.05) is 35.2 Å². The van der Waals surface area contributed by atoms with Crippen molar-refractivity contribution in [3.05, 3.63) is 76.5 Å². The average Bonchev–Trinajstić information content (AvgIpc) is 3.32. The number of nitrogens with zero attached hydrogens (tertiary/aromatic N) is 4. The van der Waals surface area contributed by atoms with E-state index in [0.29, 0.717) is 29.9 Å².